The number of carboxylic acid groups (broad SMARTS) is 1. The number of ether oxygens (including phenoxy) is 1. The van der Waals surface area contributed by atoms with Gasteiger partial charge in [-0.2, -0.15) is 0 Å². The first-order valence-electron chi connectivity index (χ1n) is 6.27. The highest BCUT2D eigenvalue weighted by Gasteiger charge is 2.26. The monoisotopic (exact) mass is 294 g/mol. The second-order valence-electron chi connectivity index (χ2n) is 4.55. The van der Waals surface area contributed by atoms with Gasteiger partial charge in [0.1, 0.15) is 0 Å². The number of hydrogen-bond donors (Lipinski definition) is 1. The molecule has 0 aromatic carbocycles. The molecule has 6 nitrogen and oxygen atoms in total. The van der Waals surface area contributed by atoms with Crippen LogP contribution < -0.4 is 0 Å². The summed E-state index contributed by atoms with van der Waals surface area (Å²) in [6.45, 7) is 2.18. The minimum atomic E-state index is -0.913. The van der Waals surface area contributed by atoms with E-state index < -0.39 is 12.1 Å². The molecule has 3 rings (SSSR count). The molecule has 1 saturated heterocycles. The van der Waals surface area contributed by atoms with E-state index in [1.54, 1.807) is 6.26 Å². The fraction of sp³-hybridized carbons (Fsp3) is 0.385. The maximum atomic E-state index is 10.9. The number of rotatable bonds is 4. The van der Waals surface area contributed by atoms with Crippen LogP contribution in [0.25, 0.3) is 10.8 Å². The molecule has 1 aliphatic heterocycles. The minimum absolute atomic E-state index is 0.392. The Morgan fingerprint density at radius 1 is 1.60 bits per heavy atom. The highest BCUT2D eigenvalue weighted by Crippen LogP contribution is 2.24. The van der Waals surface area contributed by atoms with E-state index >= 15 is 0 Å². The molecular formula is C13H14N2O4S. The maximum Gasteiger partial charge on any atom is 0.334 e. The fourth-order valence-corrected chi connectivity index (χ4v) is 2.89. The summed E-state index contributed by atoms with van der Waals surface area (Å²) in [5.74, 6) is -0.157. The van der Waals surface area contributed by atoms with E-state index in [9.17, 15) is 4.79 Å². The van der Waals surface area contributed by atoms with Gasteiger partial charge in [-0.3, -0.25) is 4.90 Å². The Balaban J connectivity index is 1.64. The van der Waals surface area contributed by atoms with E-state index in [0.29, 0.717) is 19.7 Å². The fourth-order valence-electron chi connectivity index (χ4n) is 2.12. The molecule has 0 spiro atoms. The van der Waals surface area contributed by atoms with Crippen LogP contribution in [0.5, 0.6) is 0 Å². The zero-order chi connectivity index (χ0) is 13.9. The summed E-state index contributed by atoms with van der Waals surface area (Å²) < 4.78 is 10.5. The van der Waals surface area contributed by atoms with E-state index in [1.165, 1.54) is 11.3 Å². The molecule has 3 heterocycles. The second-order valence-corrected chi connectivity index (χ2v) is 5.41. The molecule has 1 aliphatic rings. The summed E-state index contributed by atoms with van der Waals surface area (Å²) in [6.07, 6.45) is 0.877. The minimum Gasteiger partial charge on any atom is -0.479 e. The standard InChI is InChI=1S/C13H14N2O4S/c16-13(17)11-7-15(3-5-19-11)6-9-8-20-12(14-9)10-2-1-4-18-10/h1-2,4,8,11H,3,5-7H2,(H,16,17). The van der Waals surface area contributed by atoms with Crippen molar-refractivity contribution in [3.63, 3.8) is 0 Å². The summed E-state index contributed by atoms with van der Waals surface area (Å²) in [4.78, 5) is 17.5. The largest absolute Gasteiger partial charge is 0.479 e. The molecule has 0 bridgehead atoms. The lowest BCUT2D eigenvalue weighted by Gasteiger charge is -2.30. The molecule has 0 radical (unpaired) electrons. The molecule has 1 atom stereocenters. The van der Waals surface area contributed by atoms with Crippen molar-refractivity contribution in [1.29, 1.82) is 0 Å². The second kappa shape index (κ2) is 5.74. The van der Waals surface area contributed by atoms with Crippen LogP contribution in [0.2, 0.25) is 0 Å². The van der Waals surface area contributed by atoms with Crippen LogP contribution in [0.15, 0.2) is 28.2 Å². The van der Waals surface area contributed by atoms with Crippen LogP contribution in [0.3, 0.4) is 0 Å². The van der Waals surface area contributed by atoms with Gasteiger partial charge in [0.25, 0.3) is 0 Å². The molecule has 2 aromatic heterocycles. The summed E-state index contributed by atoms with van der Waals surface area (Å²) in [6, 6.07) is 3.70. The normalized spacial score (nSPS) is 20.1. The third-order valence-corrected chi connectivity index (χ3v) is 4.00. The van der Waals surface area contributed by atoms with Gasteiger partial charge in [-0.15, -0.1) is 11.3 Å². The molecule has 1 unspecified atom stereocenters. The number of morpholine rings is 1. The highest BCUT2D eigenvalue weighted by atomic mass is 32.1. The Hall–Kier alpha value is -1.70. The Morgan fingerprint density at radius 3 is 3.25 bits per heavy atom. The first-order chi connectivity index (χ1) is 9.72. The molecule has 1 fully saturated rings. The maximum absolute atomic E-state index is 10.9. The molecule has 0 saturated carbocycles. The molecule has 20 heavy (non-hydrogen) atoms. The van der Waals surface area contributed by atoms with Gasteiger partial charge in [0, 0.05) is 25.0 Å². The quantitative estimate of drug-likeness (QED) is 0.924. The number of aromatic nitrogens is 1. The number of hydrogen-bond acceptors (Lipinski definition) is 6. The molecule has 0 amide bonds. The Labute approximate surface area is 119 Å². The van der Waals surface area contributed by atoms with E-state index in [-0.39, 0.29) is 0 Å². The molecule has 7 heteroatoms. The Bertz CT molecular complexity index is 581. The van der Waals surface area contributed by atoms with Gasteiger partial charge in [-0.25, -0.2) is 9.78 Å². The summed E-state index contributed by atoms with van der Waals surface area (Å²) in [7, 11) is 0. The van der Waals surface area contributed by atoms with Crippen LogP contribution in [-0.2, 0) is 16.1 Å². The van der Waals surface area contributed by atoms with Crippen molar-refractivity contribution < 1.29 is 19.1 Å². The van der Waals surface area contributed by atoms with Gasteiger partial charge in [0.15, 0.2) is 16.9 Å². The average Bonchev–Trinajstić information content (AvgIpc) is 3.09. The van der Waals surface area contributed by atoms with Crippen molar-refractivity contribution >= 4 is 17.3 Å². The summed E-state index contributed by atoms with van der Waals surface area (Å²) >= 11 is 1.52. The van der Waals surface area contributed by atoms with Crippen LogP contribution in [-0.4, -0.2) is 46.8 Å². The van der Waals surface area contributed by atoms with Crippen LogP contribution >= 0.6 is 11.3 Å². The lowest BCUT2D eigenvalue weighted by atomic mass is 10.2. The first kappa shape index (κ1) is 13.3. The Kier molecular flexibility index (Phi) is 3.81. The molecule has 1 N–H and O–H groups in total. The van der Waals surface area contributed by atoms with Gasteiger partial charge in [-0.05, 0) is 12.1 Å². The zero-order valence-corrected chi connectivity index (χ0v) is 11.5. The summed E-state index contributed by atoms with van der Waals surface area (Å²) in [5, 5.41) is 11.8. The van der Waals surface area contributed by atoms with Crippen molar-refractivity contribution in [2.75, 3.05) is 19.7 Å². The predicted molar refractivity (Wildman–Crippen MR) is 72.5 cm³/mol. The van der Waals surface area contributed by atoms with Crippen LogP contribution in [0.4, 0.5) is 0 Å². The predicted octanol–water partition coefficient (Wildman–Crippen LogP) is 1.69. The first-order valence-corrected chi connectivity index (χ1v) is 7.15. The van der Waals surface area contributed by atoms with Gasteiger partial charge in [-0.1, -0.05) is 0 Å². The van der Waals surface area contributed by atoms with Crippen LogP contribution in [0.1, 0.15) is 5.69 Å². The van der Waals surface area contributed by atoms with E-state index in [0.717, 1.165) is 23.0 Å². The van der Waals surface area contributed by atoms with E-state index in [1.807, 2.05) is 22.4 Å². The topological polar surface area (TPSA) is 75.8 Å². The number of carbonyl (C=O) groups is 1. The molecule has 106 valence electrons. The number of aliphatic carboxylic acids is 1. The Morgan fingerprint density at radius 2 is 2.50 bits per heavy atom. The van der Waals surface area contributed by atoms with Crippen molar-refractivity contribution in [3.05, 3.63) is 29.5 Å². The number of carboxylic acids is 1. The smallest absolute Gasteiger partial charge is 0.334 e. The van der Waals surface area contributed by atoms with Crippen molar-refractivity contribution in [1.82, 2.24) is 9.88 Å². The zero-order valence-electron chi connectivity index (χ0n) is 10.7. The lowest BCUT2D eigenvalue weighted by molar-refractivity contribution is -0.156. The van der Waals surface area contributed by atoms with E-state index in [4.69, 9.17) is 14.3 Å². The molecule has 2 aromatic rings. The number of thiazole rings is 1. The van der Waals surface area contributed by atoms with E-state index in [2.05, 4.69) is 4.98 Å². The lowest BCUT2D eigenvalue weighted by Crippen LogP contribution is -2.45. The average molecular weight is 294 g/mol. The molecule has 0 aliphatic carbocycles. The van der Waals surface area contributed by atoms with Gasteiger partial charge in [0.05, 0.1) is 18.6 Å². The highest BCUT2D eigenvalue weighted by molar-refractivity contribution is 7.13. The third-order valence-electron chi connectivity index (χ3n) is 3.10. The number of furan rings is 1. The van der Waals surface area contributed by atoms with Crippen molar-refractivity contribution in [3.8, 4) is 10.8 Å². The van der Waals surface area contributed by atoms with Gasteiger partial charge >= 0.3 is 5.97 Å². The third kappa shape index (κ3) is 2.90. The van der Waals surface area contributed by atoms with Crippen LogP contribution in [0, 0.1) is 0 Å². The van der Waals surface area contributed by atoms with Gasteiger partial charge < -0.3 is 14.3 Å². The summed E-state index contributed by atoms with van der Waals surface area (Å²) in [5.41, 5.74) is 0.924. The molecular weight excluding hydrogens is 280 g/mol. The van der Waals surface area contributed by atoms with Crippen molar-refractivity contribution in [2.24, 2.45) is 0 Å². The van der Waals surface area contributed by atoms with Crippen molar-refractivity contribution in [2.45, 2.75) is 12.6 Å². The number of nitrogens with zero attached hydrogens (tertiary/aromatic N) is 2. The SMILES string of the molecule is O=C(O)C1CN(Cc2csc(-c3ccco3)n2)CCO1. The van der Waals surface area contributed by atoms with Gasteiger partial charge in [0.2, 0.25) is 0 Å².